The largest absolute Gasteiger partial charge is 0.444 e. The summed E-state index contributed by atoms with van der Waals surface area (Å²) in [7, 11) is -3.24. The van der Waals surface area contributed by atoms with Crippen LogP contribution in [0.3, 0.4) is 0 Å². The fourth-order valence-electron chi connectivity index (χ4n) is 3.48. The number of amides is 2. The second kappa shape index (κ2) is 10.3. The molecule has 0 aromatic heterocycles. The SMILES string of the molecule is CCN(Cc1ccccc1NC(=O)CCS(=O)(=O)C1CCCC1)C(=O)OC(C)(C)C. The van der Waals surface area contributed by atoms with Gasteiger partial charge in [0.25, 0.3) is 0 Å². The minimum Gasteiger partial charge on any atom is -0.444 e. The van der Waals surface area contributed by atoms with E-state index in [1.807, 2.05) is 39.8 Å². The predicted molar refractivity (Wildman–Crippen MR) is 118 cm³/mol. The number of nitrogens with zero attached hydrogens (tertiary/aromatic N) is 1. The van der Waals surface area contributed by atoms with Gasteiger partial charge in [-0.15, -0.1) is 0 Å². The number of hydrogen-bond donors (Lipinski definition) is 1. The lowest BCUT2D eigenvalue weighted by Gasteiger charge is -2.27. The number of ether oxygens (including phenoxy) is 1. The normalized spacial score (nSPS) is 15.1. The van der Waals surface area contributed by atoms with Gasteiger partial charge in [-0.25, -0.2) is 13.2 Å². The maximum absolute atomic E-state index is 12.4. The van der Waals surface area contributed by atoms with Crippen molar-refractivity contribution in [2.75, 3.05) is 17.6 Å². The molecule has 0 heterocycles. The van der Waals surface area contributed by atoms with Crippen LogP contribution in [0.2, 0.25) is 0 Å². The van der Waals surface area contributed by atoms with E-state index in [2.05, 4.69) is 5.32 Å². The lowest BCUT2D eigenvalue weighted by Crippen LogP contribution is -2.36. The van der Waals surface area contributed by atoms with Crippen LogP contribution in [0, 0.1) is 0 Å². The number of carbonyl (C=O) groups is 2. The van der Waals surface area contributed by atoms with Crippen molar-refractivity contribution in [1.82, 2.24) is 4.90 Å². The van der Waals surface area contributed by atoms with E-state index >= 15 is 0 Å². The molecule has 1 aliphatic carbocycles. The molecule has 0 bridgehead atoms. The third-order valence-electron chi connectivity index (χ3n) is 5.11. The van der Waals surface area contributed by atoms with Crippen molar-refractivity contribution in [3.63, 3.8) is 0 Å². The van der Waals surface area contributed by atoms with E-state index in [0.29, 0.717) is 25.1 Å². The van der Waals surface area contributed by atoms with E-state index in [1.165, 1.54) is 0 Å². The lowest BCUT2D eigenvalue weighted by molar-refractivity contribution is -0.115. The molecule has 1 aliphatic rings. The van der Waals surface area contributed by atoms with Gasteiger partial charge >= 0.3 is 6.09 Å². The van der Waals surface area contributed by atoms with Crippen molar-refractivity contribution in [3.05, 3.63) is 29.8 Å². The van der Waals surface area contributed by atoms with E-state index in [9.17, 15) is 18.0 Å². The zero-order valence-electron chi connectivity index (χ0n) is 18.4. The third kappa shape index (κ3) is 7.31. The van der Waals surface area contributed by atoms with E-state index in [-0.39, 0.29) is 29.9 Å². The fourth-order valence-corrected chi connectivity index (χ4v) is 5.33. The summed E-state index contributed by atoms with van der Waals surface area (Å²) in [6.45, 7) is 8.03. The highest BCUT2D eigenvalue weighted by atomic mass is 32.2. The minimum atomic E-state index is -3.24. The summed E-state index contributed by atoms with van der Waals surface area (Å²) in [6, 6.07) is 7.20. The van der Waals surface area contributed by atoms with Crippen LogP contribution in [0.25, 0.3) is 0 Å². The monoisotopic (exact) mass is 438 g/mol. The number of para-hydroxylation sites is 1. The molecule has 1 fully saturated rings. The highest BCUT2D eigenvalue weighted by Crippen LogP contribution is 2.26. The number of nitrogens with one attached hydrogen (secondary N) is 1. The van der Waals surface area contributed by atoms with Crippen LogP contribution in [-0.4, -0.2) is 48.5 Å². The molecule has 2 rings (SSSR count). The molecule has 30 heavy (non-hydrogen) atoms. The van der Waals surface area contributed by atoms with Crippen molar-refractivity contribution in [2.45, 2.75) is 77.2 Å². The van der Waals surface area contributed by atoms with Crippen LogP contribution in [-0.2, 0) is 25.9 Å². The molecule has 0 saturated heterocycles. The third-order valence-corrected chi connectivity index (χ3v) is 7.37. The van der Waals surface area contributed by atoms with Crippen molar-refractivity contribution in [2.24, 2.45) is 0 Å². The van der Waals surface area contributed by atoms with Gasteiger partial charge in [-0.1, -0.05) is 31.0 Å². The summed E-state index contributed by atoms with van der Waals surface area (Å²) >= 11 is 0. The van der Waals surface area contributed by atoms with Gasteiger partial charge in [0, 0.05) is 18.7 Å². The fraction of sp³-hybridized carbons (Fsp3) is 0.636. The average molecular weight is 439 g/mol. The summed E-state index contributed by atoms with van der Waals surface area (Å²) in [5, 5.41) is 2.51. The molecule has 168 valence electrons. The highest BCUT2D eigenvalue weighted by Gasteiger charge is 2.29. The Morgan fingerprint density at radius 3 is 2.40 bits per heavy atom. The zero-order valence-corrected chi connectivity index (χ0v) is 19.3. The van der Waals surface area contributed by atoms with Crippen molar-refractivity contribution in [1.29, 1.82) is 0 Å². The molecule has 1 saturated carbocycles. The van der Waals surface area contributed by atoms with Crippen molar-refractivity contribution in [3.8, 4) is 0 Å². The van der Waals surface area contributed by atoms with Crippen LogP contribution in [0.4, 0.5) is 10.5 Å². The van der Waals surface area contributed by atoms with Crippen LogP contribution in [0.5, 0.6) is 0 Å². The zero-order chi connectivity index (χ0) is 22.4. The Balaban J connectivity index is 2.00. The van der Waals surface area contributed by atoms with Gasteiger partial charge < -0.3 is 15.0 Å². The molecular formula is C22H34N2O5S. The first-order valence-electron chi connectivity index (χ1n) is 10.6. The Labute approximate surface area is 180 Å². The Bertz CT molecular complexity index is 839. The summed E-state index contributed by atoms with van der Waals surface area (Å²) in [5.74, 6) is -0.477. The molecule has 0 aliphatic heterocycles. The highest BCUT2D eigenvalue weighted by molar-refractivity contribution is 7.92. The average Bonchev–Trinajstić information content (AvgIpc) is 3.20. The number of rotatable bonds is 8. The van der Waals surface area contributed by atoms with Crippen molar-refractivity contribution < 1.29 is 22.7 Å². The van der Waals surface area contributed by atoms with Gasteiger partial charge in [-0.2, -0.15) is 0 Å². The molecule has 2 amide bonds. The Morgan fingerprint density at radius 2 is 1.80 bits per heavy atom. The molecular weight excluding hydrogens is 404 g/mol. The van der Waals surface area contributed by atoms with Gasteiger partial charge in [0.05, 0.1) is 17.5 Å². The predicted octanol–water partition coefficient (Wildman–Crippen LogP) is 4.13. The number of carbonyl (C=O) groups excluding carboxylic acids is 2. The topological polar surface area (TPSA) is 92.8 Å². The molecule has 1 N–H and O–H groups in total. The smallest absolute Gasteiger partial charge is 0.410 e. The Hall–Kier alpha value is -2.09. The Morgan fingerprint density at radius 1 is 1.17 bits per heavy atom. The van der Waals surface area contributed by atoms with Crippen LogP contribution in [0.15, 0.2) is 24.3 Å². The van der Waals surface area contributed by atoms with Gasteiger partial charge in [0.15, 0.2) is 9.84 Å². The van der Waals surface area contributed by atoms with E-state index in [4.69, 9.17) is 4.74 Å². The molecule has 0 spiro atoms. The number of hydrogen-bond acceptors (Lipinski definition) is 5. The number of anilines is 1. The summed E-state index contributed by atoms with van der Waals surface area (Å²) in [6.07, 6.45) is 2.78. The molecule has 8 heteroatoms. The standard InChI is InChI=1S/C22H34N2O5S/c1-5-24(21(26)29-22(2,3)4)16-17-10-6-9-13-19(17)23-20(25)14-15-30(27,28)18-11-7-8-12-18/h6,9-10,13,18H,5,7-8,11-12,14-16H2,1-4H3,(H,23,25). The molecule has 1 aromatic carbocycles. The van der Waals surface area contributed by atoms with Crippen LogP contribution >= 0.6 is 0 Å². The quantitative estimate of drug-likeness (QED) is 0.659. The van der Waals surface area contributed by atoms with Crippen LogP contribution < -0.4 is 5.32 Å². The number of benzene rings is 1. The number of sulfone groups is 1. The van der Waals surface area contributed by atoms with Crippen molar-refractivity contribution >= 4 is 27.5 Å². The van der Waals surface area contributed by atoms with Crippen LogP contribution in [0.1, 0.15) is 65.4 Å². The summed E-state index contributed by atoms with van der Waals surface area (Å²) in [5.41, 5.74) is 0.739. The van der Waals surface area contributed by atoms with E-state index in [0.717, 1.165) is 18.4 Å². The summed E-state index contributed by atoms with van der Waals surface area (Å²) in [4.78, 5) is 26.4. The maximum Gasteiger partial charge on any atom is 0.410 e. The Kier molecular flexibility index (Phi) is 8.29. The molecule has 7 nitrogen and oxygen atoms in total. The molecule has 0 radical (unpaired) electrons. The maximum atomic E-state index is 12.4. The first-order valence-corrected chi connectivity index (χ1v) is 12.3. The molecule has 0 unspecified atom stereocenters. The second-order valence-electron chi connectivity index (χ2n) is 8.72. The van der Waals surface area contributed by atoms with Gasteiger partial charge in [-0.3, -0.25) is 4.79 Å². The summed E-state index contributed by atoms with van der Waals surface area (Å²) < 4.78 is 30.2. The van der Waals surface area contributed by atoms with Gasteiger partial charge in [0.2, 0.25) is 5.91 Å². The van der Waals surface area contributed by atoms with E-state index < -0.39 is 21.5 Å². The molecule has 0 atom stereocenters. The first-order chi connectivity index (χ1) is 14.0. The first kappa shape index (κ1) is 24.2. The second-order valence-corrected chi connectivity index (χ2v) is 11.1. The van der Waals surface area contributed by atoms with Gasteiger partial charge in [-0.05, 0) is 52.2 Å². The van der Waals surface area contributed by atoms with Gasteiger partial charge in [0.1, 0.15) is 5.60 Å². The minimum absolute atomic E-state index is 0.0727. The van der Waals surface area contributed by atoms with E-state index in [1.54, 1.807) is 17.0 Å². The molecule has 1 aromatic rings. The lowest BCUT2D eigenvalue weighted by atomic mass is 10.1.